The molecule has 0 radical (unpaired) electrons. The van der Waals surface area contributed by atoms with Gasteiger partial charge in [-0.1, -0.05) is 25.9 Å². The topological polar surface area (TPSA) is 68.0 Å². The maximum atomic E-state index is 13.2. The van der Waals surface area contributed by atoms with Gasteiger partial charge in [-0.05, 0) is 40.8 Å². The molecule has 0 aliphatic heterocycles. The molecule has 1 heterocycles. The van der Waals surface area contributed by atoms with Crippen molar-refractivity contribution in [3.63, 3.8) is 0 Å². The Kier molecular flexibility index (Phi) is 4.60. The van der Waals surface area contributed by atoms with Crippen molar-refractivity contribution >= 4 is 28.5 Å². The summed E-state index contributed by atoms with van der Waals surface area (Å²) in [7, 11) is 0. The first-order valence-electron chi connectivity index (χ1n) is 6.33. The number of hydrogen-bond donors (Lipinski definition) is 1. The van der Waals surface area contributed by atoms with Crippen molar-refractivity contribution in [2.75, 3.05) is 0 Å². The monoisotopic (exact) mass is 403 g/mol. The Morgan fingerprint density at radius 1 is 1.43 bits per heavy atom. The average molecular weight is 403 g/mol. The molecule has 0 atom stereocenters. The van der Waals surface area contributed by atoms with Crippen molar-refractivity contribution in [3.05, 3.63) is 44.9 Å². The van der Waals surface area contributed by atoms with Gasteiger partial charge in [-0.3, -0.25) is 4.79 Å². The Labute approximate surface area is 135 Å². The molecule has 21 heavy (non-hydrogen) atoms. The van der Waals surface area contributed by atoms with E-state index in [1.165, 1.54) is 12.1 Å². The molecule has 0 aliphatic rings. The minimum absolute atomic E-state index is 0.130. The zero-order chi connectivity index (χ0) is 15.6. The van der Waals surface area contributed by atoms with Crippen molar-refractivity contribution in [2.24, 2.45) is 0 Å². The minimum atomic E-state index is -0.449. The van der Waals surface area contributed by atoms with Gasteiger partial charge in [-0.15, -0.1) is 0 Å². The molecule has 1 amide bonds. The fourth-order valence-electron chi connectivity index (χ4n) is 1.56. The van der Waals surface area contributed by atoms with Crippen LogP contribution in [-0.2, 0) is 12.0 Å². The molecule has 1 aromatic carbocycles. The van der Waals surface area contributed by atoms with Crippen molar-refractivity contribution in [1.82, 2.24) is 15.5 Å². The fourth-order valence-corrected chi connectivity index (χ4v) is 2.14. The summed E-state index contributed by atoms with van der Waals surface area (Å²) in [5.74, 6) is 0.0722. The standard InChI is InChI=1S/C14H15FIN3O2/c1-14(2,3)13-18-11(19-21-13)7-17-12(20)9-6-8(15)4-5-10(9)16/h4-6H,7H2,1-3H3,(H,17,20). The molecular formula is C14H15FIN3O2. The van der Waals surface area contributed by atoms with Crippen molar-refractivity contribution in [1.29, 1.82) is 0 Å². The Hall–Kier alpha value is -1.51. The van der Waals surface area contributed by atoms with Crippen molar-refractivity contribution in [3.8, 4) is 0 Å². The molecule has 0 aliphatic carbocycles. The molecule has 0 fully saturated rings. The molecule has 0 saturated heterocycles. The Morgan fingerprint density at radius 2 is 2.14 bits per heavy atom. The molecule has 0 bridgehead atoms. The summed E-state index contributed by atoms with van der Waals surface area (Å²) in [6.45, 7) is 6.00. The van der Waals surface area contributed by atoms with Crippen LogP contribution >= 0.6 is 22.6 Å². The Balaban J connectivity index is 2.04. The summed E-state index contributed by atoms with van der Waals surface area (Å²) in [5, 5.41) is 6.46. The quantitative estimate of drug-likeness (QED) is 0.801. The van der Waals surface area contributed by atoms with E-state index in [1.54, 1.807) is 6.07 Å². The van der Waals surface area contributed by atoms with Gasteiger partial charge < -0.3 is 9.84 Å². The van der Waals surface area contributed by atoms with Gasteiger partial charge >= 0.3 is 0 Å². The minimum Gasteiger partial charge on any atom is -0.345 e. The summed E-state index contributed by atoms with van der Waals surface area (Å²) in [6, 6.07) is 4.07. The second kappa shape index (κ2) is 6.08. The predicted molar refractivity (Wildman–Crippen MR) is 83.3 cm³/mol. The predicted octanol–water partition coefficient (Wildman–Crippen LogP) is 3.04. The zero-order valence-electron chi connectivity index (χ0n) is 11.9. The Morgan fingerprint density at radius 3 is 2.76 bits per heavy atom. The highest BCUT2D eigenvalue weighted by Gasteiger charge is 2.22. The van der Waals surface area contributed by atoms with Gasteiger partial charge in [-0.2, -0.15) is 4.98 Å². The molecule has 0 spiro atoms. The zero-order valence-corrected chi connectivity index (χ0v) is 14.1. The third-order valence-electron chi connectivity index (χ3n) is 2.69. The van der Waals surface area contributed by atoms with Crippen LogP contribution in [0.2, 0.25) is 0 Å². The maximum absolute atomic E-state index is 13.2. The summed E-state index contributed by atoms with van der Waals surface area (Å²) >= 11 is 1.98. The lowest BCUT2D eigenvalue weighted by atomic mass is 9.97. The normalized spacial score (nSPS) is 11.5. The van der Waals surface area contributed by atoms with Crippen LogP contribution in [0.3, 0.4) is 0 Å². The number of carbonyl (C=O) groups is 1. The van der Waals surface area contributed by atoms with Crippen LogP contribution in [0.1, 0.15) is 42.8 Å². The lowest BCUT2D eigenvalue weighted by molar-refractivity contribution is 0.0948. The molecule has 2 aromatic rings. The van der Waals surface area contributed by atoms with Gasteiger partial charge in [0.2, 0.25) is 5.89 Å². The number of halogens is 2. The maximum Gasteiger partial charge on any atom is 0.252 e. The third kappa shape index (κ3) is 3.99. The largest absolute Gasteiger partial charge is 0.345 e. The molecular weight excluding hydrogens is 388 g/mol. The first-order valence-corrected chi connectivity index (χ1v) is 7.41. The number of amides is 1. The SMILES string of the molecule is CC(C)(C)c1nc(CNC(=O)c2cc(F)ccc2I)no1. The summed E-state index contributed by atoms with van der Waals surface area (Å²) in [4.78, 5) is 16.2. The van der Waals surface area contributed by atoms with E-state index in [9.17, 15) is 9.18 Å². The van der Waals surface area contributed by atoms with Crippen LogP contribution < -0.4 is 5.32 Å². The van der Waals surface area contributed by atoms with Gasteiger partial charge in [0.25, 0.3) is 5.91 Å². The third-order valence-corrected chi connectivity index (χ3v) is 3.63. The number of carbonyl (C=O) groups excluding carboxylic acids is 1. The molecule has 1 aromatic heterocycles. The second-order valence-corrected chi connectivity index (χ2v) is 6.73. The number of benzene rings is 1. The van der Waals surface area contributed by atoms with Gasteiger partial charge in [0, 0.05) is 8.99 Å². The van der Waals surface area contributed by atoms with Crippen molar-refractivity contribution in [2.45, 2.75) is 32.7 Å². The Bertz CT molecular complexity index is 664. The van der Waals surface area contributed by atoms with E-state index in [0.717, 1.165) is 0 Å². The lowest BCUT2D eigenvalue weighted by Crippen LogP contribution is -2.24. The van der Waals surface area contributed by atoms with Crippen LogP contribution in [0.25, 0.3) is 0 Å². The van der Waals surface area contributed by atoms with Crippen LogP contribution in [0.15, 0.2) is 22.7 Å². The molecule has 0 unspecified atom stereocenters. The van der Waals surface area contributed by atoms with Crippen LogP contribution in [-0.4, -0.2) is 16.0 Å². The number of rotatable bonds is 3. The van der Waals surface area contributed by atoms with Crippen LogP contribution in [0.5, 0.6) is 0 Å². The van der Waals surface area contributed by atoms with E-state index in [1.807, 2.05) is 43.4 Å². The smallest absolute Gasteiger partial charge is 0.252 e. The first kappa shape index (κ1) is 15.9. The molecule has 1 N–H and O–H groups in total. The van der Waals surface area contributed by atoms with E-state index < -0.39 is 5.82 Å². The molecule has 7 heteroatoms. The van der Waals surface area contributed by atoms with Gasteiger partial charge in [0.1, 0.15) is 5.82 Å². The highest BCUT2D eigenvalue weighted by Crippen LogP contribution is 2.19. The van der Waals surface area contributed by atoms with E-state index in [2.05, 4.69) is 15.5 Å². The molecule has 112 valence electrons. The van der Waals surface area contributed by atoms with Crippen LogP contribution in [0.4, 0.5) is 4.39 Å². The van der Waals surface area contributed by atoms with Gasteiger partial charge in [0.05, 0.1) is 12.1 Å². The molecule has 2 rings (SSSR count). The van der Waals surface area contributed by atoms with Crippen molar-refractivity contribution < 1.29 is 13.7 Å². The number of hydrogen-bond acceptors (Lipinski definition) is 4. The summed E-state index contributed by atoms with van der Waals surface area (Å²) < 4.78 is 19.0. The lowest BCUT2D eigenvalue weighted by Gasteiger charge is -2.10. The van der Waals surface area contributed by atoms with E-state index in [4.69, 9.17) is 4.52 Å². The van der Waals surface area contributed by atoms with Crippen LogP contribution in [0, 0.1) is 9.39 Å². The molecule has 0 saturated carbocycles. The summed E-state index contributed by atoms with van der Waals surface area (Å²) in [6.07, 6.45) is 0. The first-order chi connectivity index (χ1) is 9.77. The number of aromatic nitrogens is 2. The second-order valence-electron chi connectivity index (χ2n) is 5.57. The van der Waals surface area contributed by atoms with Gasteiger partial charge in [-0.25, -0.2) is 4.39 Å². The highest BCUT2D eigenvalue weighted by molar-refractivity contribution is 14.1. The highest BCUT2D eigenvalue weighted by atomic mass is 127. The van der Waals surface area contributed by atoms with Gasteiger partial charge in [0.15, 0.2) is 5.82 Å². The number of nitrogens with one attached hydrogen (secondary N) is 1. The van der Waals surface area contributed by atoms with E-state index >= 15 is 0 Å². The molecule has 5 nitrogen and oxygen atoms in total. The summed E-state index contributed by atoms with van der Waals surface area (Å²) in [5.41, 5.74) is 0.0443. The fraction of sp³-hybridized carbons (Fsp3) is 0.357. The average Bonchev–Trinajstić information content (AvgIpc) is 2.87. The van der Waals surface area contributed by atoms with E-state index in [0.29, 0.717) is 15.3 Å². The van der Waals surface area contributed by atoms with E-state index in [-0.39, 0.29) is 23.4 Å². The number of nitrogens with zero attached hydrogens (tertiary/aromatic N) is 2.